The molecule has 27 heavy (non-hydrogen) atoms. The van der Waals surface area contributed by atoms with Gasteiger partial charge in [-0.05, 0) is 52.1 Å². The SMILES string of the molecule is CC(C)(C)c1ccc2c(c1)c1c3ccccc3ccc1n2-c1ccccc1. The molecule has 0 fully saturated rings. The molecule has 132 valence electrons. The highest BCUT2D eigenvalue weighted by atomic mass is 15.0. The number of aromatic nitrogens is 1. The summed E-state index contributed by atoms with van der Waals surface area (Å²) in [6, 6.07) is 30.8. The number of nitrogens with zero attached hydrogens (tertiary/aromatic N) is 1. The van der Waals surface area contributed by atoms with Gasteiger partial charge in [0.15, 0.2) is 0 Å². The summed E-state index contributed by atoms with van der Waals surface area (Å²) in [5.41, 5.74) is 5.23. The first-order chi connectivity index (χ1) is 13.0. The Labute approximate surface area is 159 Å². The first-order valence-electron chi connectivity index (χ1n) is 9.56. The van der Waals surface area contributed by atoms with Crippen LogP contribution in [-0.4, -0.2) is 4.57 Å². The molecular formula is C26H23N. The Morgan fingerprint density at radius 3 is 2.11 bits per heavy atom. The van der Waals surface area contributed by atoms with Gasteiger partial charge in [0.25, 0.3) is 0 Å². The highest BCUT2D eigenvalue weighted by molar-refractivity contribution is 6.21. The molecule has 0 saturated heterocycles. The molecule has 0 unspecified atom stereocenters. The van der Waals surface area contributed by atoms with Gasteiger partial charge in [-0.2, -0.15) is 0 Å². The Balaban J connectivity index is 2.01. The van der Waals surface area contributed by atoms with E-state index in [1.54, 1.807) is 0 Å². The molecule has 5 rings (SSSR count). The van der Waals surface area contributed by atoms with E-state index in [4.69, 9.17) is 0 Å². The van der Waals surface area contributed by atoms with E-state index in [-0.39, 0.29) is 5.41 Å². The molecule has 0 N–H and O–H groups in total. The number of para-hydroxylation sites is 1. The summed E-state index contributed by atoms with van der Waals surface area (Å²) in [6.45, 7) is 6.84. The van der Waals surface area contributed by atoms with Crippen molar-refractivity contribution in [2.24, 2.45) is 0 Å². The molecule has 0 aliphatic rings. The van der Waals surface area contributed by atoms with Gasteiger partial charge in [-0.25, -0.2) is 0 Å². The van der Waals surface area contributed by atoms with Gasteiger partial charge in [0.2, 0.25) is 0 Å². The zero-order valence-corrected chi connectivity index (χ0v) is 16.0. The summed E-state index contributed by atoms with van der Waals surface area (Å²) in [5.74, 6) is 0. The zero-order chi connectivity index (χ0) is 18.6. The zero-order valence-electron chi connectivity index (χ0n) is 16.0. The summed E-state index contributed by atoms with van der Waals surface area (Å²) in [6.07, 6.45) is 0. The summed E-state index contributed by atoms with van der Waals surface area (Å²) in [4.78, 5) is 0. The van der Waals surface area contributed by atoms with Gasteiger partial charge in [0, 0.05) is 16.5 Å². The van der Waals surface area contributed by atoms with Gasteiger partial charge in [-0.3, -0.25) is 0 Å². The molecule has 0 aliphatic carbocycles. The van der Waals surface area contributed by atoms with E-state index >= 15 is 0 Å². The van der Waals surface area contributed by atoms with Crippen LogP contribution < -0.4 is 0 Å². The number of hydrogen-bond donors (Lipinski definition) is 0. The Hall–Kier alpha value is -3.06. The normalized spacial score (nSPS) is 12.3. The molecule has 0 radical (unpaired) electrons. The molecule has 0 bridgehead atoms. The van der Waals surface area contributed by atoms with Gasteiger partial charge in [0.05, 0.1) is 11.0 Å². The Kier molecular flexibility index (Phi) is 3.42. The van der Waals surface area contributed by atoms with Gasteiger partial charge >= 0.3 is 0 Å². The highest BCUT2D eigenvalue weighted by Gasteiger charge is 2.19. The topological polar surface area (TPSA) is 4.93 Å². The summed E-state index contributed by atoms with van der Waals surface area (Å²) in [5, 5.41) is 5.29. The molecule has 1 heteroatoms. The van der Waals surface area contributed by atoms with E-state index in [1.807, 2.05) is 0 Å². The molecule has 0 saturated carbocycles. The van der Waals surface area contributed by atoms with Crippen LogP contribution >= 0.6 is 0 Å². The van der Waals surface area contributed by atoms with Crippen molar-refractivity contribution >= 4 is 32.6 Å². The number of benzene rings is 4. The molecule has 0 aliphatic heterocycles. The van der Waals surface area contributed by atoms with E-state index < -0.39 is 0 Å². The molecule has 1 heterocycles. The van der Waals surface area contributed by atoms with Crippen molar-refractivity contribution in [3.8, 4) is 5.69 Å². The highest BCUT2D eigenvalue weighted by Crippen LogP contribution is 2.38. The predicted octanol–water partition coefficient (Wildman–Crippen LogP) is 7.23. The number of rotatable bonds is 1. The van der Waals surface area contributed by atoms with Crippen LogP contribution in [0.2, 0.25) is 0 Å². The first-order valence-corrected chi connectivity index (χ1v) is 9.56. The van der Waals surface area contributed by atoms with Gasteiger partial charge in [-0.15, -0.1) is 0 Å². The van der Waals surface area contributed by atoms with E-state index in [0.717, 1.165) is 0 Å². The molecule has 1 aromatic heterocycles. The molecule has 0 spiro atoms. The smallest absolute Gasteiger partial charge is 0.0547 e. The number of hydrogen-bond acceptors (Lipinski definition) is 0. The quantitative estimate of drug-likeness (QED) is 0.301. The standard InChI is InChI=1S/C26H23N/c1-26(2,3)19-14-16-23-22(17-19)25-21-12-8-7-9-18(21)13-15-24(25)27(23)20-10-5-4-6-11-20/h4-17H,1-3H3. The van der Waals surface area contributed by atoms with Crippen molar-refractivity contribution < 1.29 is 0 Å². The lowest BCUT2D eigenvalue weighted by Crippen LogP contribution is -2.10. The van der Waals surface area contributed by atoms with Crippen molar-refractivity contribution in [1.29, 1.82) is 0 Å². The maximum atomic E-state index is 2.39. The third-order valence-corrected chi connectivity index (χ3v) is 5.54. The van der Waals surface area contributed by atoms with Gasteiger partial charge < -0.3 is 4.57 Å². The largest absolute Gasteiger partial charge is 0.309 e. The lowest BCUT2D eigenvalue weighted by molar-refractivity contribution is 0.591. The summed E-state index contributed by atoms with van der Waals surface area (Å²) >= 11 is 0. The average Bonchev–Trinajstić information content (AvgIpc) is 3.02. The van der Waals surface area contributed by atoms with Crippen molar-refractivity contribution in [3.63, 3.8) is 0 Å². The van der Waals surface area contributed by atoms with Crippen molar-refractivity contribution in [2.75, 3.05) is 0 Å². The second kappa shape index (κ2) is 5.72. The Bertz CT molecular complexity index is 1280. The molecule has 4 aromatic carbocycles. The van der Waals surface area contributed by atoms with Crippen LogP contribution in [0.4, 0.5) is 0 Å². The van der Waals surface area contributed by atoms with Crippen molar-refractivity contribution in [3.05, 3.63) is 90.5 Å². The fourth-order valence-corrected chi connectivity index (χ4v) is 4.11. The van der Waals surface area contributed by atoms with Crippen LogP contribution in [-0.2, 0) is 5.41 Å². The Morgan fingerprint density at radius 2 is 1.33 bits per heavy atom. The van der Waals surface area contributed by atoms with Crippen LogP contribution in [0.5, 0.6) is 0 Å². The van der Waals surface area contributed by atoms with Crippen LogP contribution in [0.15, 0.2) is 84.9 Å². The lowest BCUT2D eigenvalue weighted by Gasteiger charge is -2.19. The van der Waals surface area contributed by atoms with Crippen LogP contribution in [0, 0.1) is 0 Å². The molecule has 0 amide bonds. The minimum Gasteiger partial charge on any atom is -0.309 e. The van der Waals surface area contributed by atoms with Crippen molar-refractivity contribution in [2.45, 2.75) is 26.2 Å². The second-order valence-electron chi connectivity index (χ2n) is 8.33. The minimum absolute atomic E-state index is 0.125. The molecule has 1 nitrogen and oxygen atoms in total. The molecule has 5 aromatic rings. The van der Waals surface area contributed by atoms with Crippen LogP contribution in [0.25, 0.3) is 38.3 Å². The van der Waals surface area contributed by atoms with E-state index in [1.165, 1.54) is 43.8 Å². The third-order valence-electron chi connectivity index (χ3n) is 5.54. The fraction of sp³-hybridized carbons (Fsp3) is 0.154. The van der Waals surface area contributed by atoms with Crippen molar-refractivity contribution in [1.82, 2.24) is 4.57 Å². The van der Waals surface area contributed by atoms with E-state index in [0.29, 0.717) is 0 Å². The van der Waals surface area contributed by atoms with Crippen LogP contribution in [0.1, 0.15) is 26.3 Å². The monoisotopic (exact) mass is 349 g/mol. The maximum Gasteiger partial charge on any atom is 0.0547 e. The lowest BCUT2D eigenvalue weighted by atomic mass is 9.86. The van der Waals surface area contributed by atoms with Crippen LogP contribution in [0.3, 0.4) is 0 Å². The second-order valence-corrected chi connectivity index (χ2v) is 8.33. The maximum absolute atomic E-state index is 2.39. The first kappa shape index (κ1) is 16.1. The molecular weight excluding hydrogens is 326 g/mol. The van der Waals surface area contributed by atoms with Gasteiger partial charge in [0.1, 0.15) is 0 Å². The average molecular weight is 349 g/mol. The Morgan fingerprint density at radius 1 is 0.630 bits per heavy atom. The van der Waals surface area contributed by atoms with E-state index in [2.05, 4.69) is 110 Å². The summed E-state index contributed by atoms with van der Waals surface area (Å²) in [7, 11) is 0. The van der Waals surface area contributed by atoms with Gasteiger partial charge in [-0.1, -0.05) is 75.4 Å². The minimum atomic E-state index is 0.125. The summed E-state index contributed by atoms with van der Waals surface area (Å²) < 4.78 is 2.39. The third kappa shape index (κ3) is 2.46. The van der Waals surface area contributed by atoms with E-state index in [9.17, 15) is 0 Å². The molecule has 0 atom stereocenters. The fourth-order valence-electron chi connectivity index (χ4n) is 4.11. The predicted molar refractivity (Wildman–Crippen MR) is 117 cm³/mol. The number of fused-ring (bicyclic) bond motifs is 5.